The minimum Gasteiger partial charge on any atom is -0.326 e. The molecule has 0 saturated carbocycles. The van der Waals surface area contributed by atoms with Gasteiger partial charge in [-0.1, -0.05) is 6.92 Å². The van der Waals surface area contributed by atoms with Gasteiger partial charge in [0.25, 0.3) is 0 Å². The van der Waals surface area contributed by atoms with Gasteiger partial charge in [0, 0.05) is 29.9 Å². The Labute approximate surface area is 145 Å². The van der Waals surface area contributed by atoms with Crippen molar-refractivity contribution in [3.8, 4) is 0 Å². The number of hydrogen-bond donors (Lipinski definition) is 1. The molecule has 2 unspecified atom stereocenters. The second-order valence-corrected chi connectivity index (χ2v) is 10.1. The summed E-state index contributed by atoms with van der Waals surface area (Å²) in [7, 11) is -7.07. The summed E-state index contributed by atoms with van der Waals surface area (Å²) in [5, 5.41) is 0. The predicted molar refractivity (Wildman–Crippen MR) is 90.4 cm³/mol. The van der Waals surface area contributed by atoms with Gasteiger partial charge >= 0.3 is 0 Å². The number of rotatable bonds is 3. The Hall–Kier alpha value is -0.190. The molecule has 0 spiro atoms. The Morgan fingerprint density at radius 1 is 1.23 bits per heavy atom. The van der Waals surface area contributed by atoms with Crippen LogP contribution in [0.2, 0.25) is 0 Å². The van der Waals surface area contributed by atoms with Crippen LogP contribution in [0.3, 0.4) is 0 Å². The minimum absolute atomic E-state index is 0. The van der Waals surface area contributed by atoms with E-state index in [0.29, 0.717) is 6.54 Å². The van der Waals surface area contributed by atoms with Crippen LogP contribution in [0.15, 0.2) is 32.5 Å². The minimum atomic E-state index is -3.69. The molecule has 2 N–H and O–H groups in total. The molecule has 2 atom stereocenters. The average molecular weight is 434 g/mol. The summed E-state index contributed by atoms with van der Waals surface area (Å²) in [6.07, 6.45) is 1.07. The van der Waals surface area contributed by atoms with Gasteiger partial charge in [-0.3, -0.25) is 0 Å². The van der Waals surface area contributed by atoms with Crippen molar-refractivity contribution in [3.05, 3.63) is 22.7 Å². The lowest BCUT2D eigenvalue weighted by Crippen LogP contribution is -2.32. The lowest BCUT2D eigenvalue weighted by molar-refractivity contribution is 0.464. The monoisotopic (exact) mass is 432 g/mol. The first-order chi connectivity index (χ1) is 9.53. The molecular weight excluding hydrogens is 416 g/mol. The highest BCUT2D eigenvalue weighted by molar-refractivity contribution is 9.10. The number of benzene rings is 1. The van der Waals surface area contributed by atoms with Crippen molar-refractivity contribution in [1.82, 2.24) is 4.31 Å². The molecule has 1 heterocycles. The standard InChI is InChI=1S/C12H17BrN2O4S2.ClH/c1-8-6-15(7-11(8)14)21(18,19)12-4-3-9(5-10(12)13)20(2,16)17;/h3-5,8,11H,6-7,14H2,1-2H3;1H. The van der Waals surface area contributed by atoms with E-state index < -0.39 is 19.9 Å². The van der Waals surface area contributed by atoms with Gasteiger partial charge < -0.3 is 5.73 Å². The summed E-state index contributed by atoms with van der Waals surface area (Å²) in [4.78, 5) is 0.121. The van der Waals surface area contributed by atoms with Crippen molar-refractivity contribution in [2.24, 2.45) is 11.7 Å². The van der Waals surface area contributed by atoms with E-state index in [4.69, 9.17) is 5.73 Å². The maximum absolute atomic E-state index is 12.6. The zero-order chi connectivity index (χ0) is 16.0. The number of sulfone groups is 1. The maximum Gasteiger partial charge on any atom is 0.244 e. The molecule has 22 heavy (non-hydrogen) atoms. The fraction of sp³-hybridized carbons (Fsp3) is 0.500. The summed E-state index contributed by atoms with van der Waals surface area (Å²) < 4.78 is 49.7. The highest BCUT2D eigenvalue weighted by Crippen LogP contribution is 2.30. The second kappa shape index (κ2) is 6.74. The SMILES string of the molecule is CC1CN(S(=O)(=O)c2ccc(S(C)(=O)=O)cc2Br)CC1N.Cl. The van der Waals surface area contributed by atoms with Crippen LogP contribution < -0.4 is 5.73 Å². The third kappa shape index (κ3) is 3.82. The van der Waals surface area contributed by atoms with Gasteiger partial charge in [-0.2, -0.15) is 4.31 Å². The van der Waals surface area contributed by atoms with Crippen molar-refractivity contribution < 1.29 is 16.8 Å². The first-order valence-electron chi connectivity index (χ1n) is 6.29. The van der Waals surface area contributed by atoms with Crippen molar-refractivity contribution in [3.63, 3.8) is 0 Å². The molecule has 0 aliphatic carbocycles. The zero-order valence-corrected chi connectivity index (χ0v) is 16.1. The Balaban J connectivity index is 0.00000242. The van der Waals surface area contributed by atoms with E-state index in [0.717, 1.165) is 6.26 Å². The smallest absolute Gasteiger partial charge is 0.244 e. The van der Waals surface area contributed by atoms with Gasteiger partial charge in [-0.25, -0.2) is 16.8 Å². The normalized spacial score (nSPS) is 23.3. The molecule has 6 nitrogen and oxygen atoms in total. The third-order valence-corrected chi connectivity index (χ3v) is 7.50. The number of nitrogens with zero attached hydrogens (tertiary/aromatic N) is 1. The lowest BCUT2D eigenvalue weighted by atomic mass is 10.1. The molecule has 1 aliphatic rings. The Bertz CT molecular complexity index is 757. The molecule has 1 aliphatic heterocycles. The first-order valence-corrected chi connectivity index (χ1v) is 10.4. The van der Waals surface area contributed by atoms with E-state index in [1.54, 1.807) is 0 Å². The highest BCUT2D eigenvalue weighted by atomic mass is 79.9. The molecule has 126 valence electrons. The second-order valence-electron chi connectivity index (χ2n) is 5.33. The molecule has 0 aromatic heterocycles. The first kappa shape index (κ1) is 19.9. The topological polar surface area (TPSA) is 97.5 Å². The number of nitrogens with two attached hydrogens (primary N) is 1. The summed E-state index contributed by atoms with van der Waals surface area (Å²) in [5.74, 6) is 0.0915. The quantitative estimate of drug-likeness (QED) is 0.773. The Morgan fingerprint density at radius 3 is 2.23 bits per heavy atom. The van der Waals surface area contributed by atoms with Gasteiger partial charge in [0.2, 0.25) is 10.0 Å². The van der Waals surface area contributed by atoms with Gasteiger partial charge in [-0.05, 0) is 40.0 Å². The van der Waals surface area contributed by atoms with Crippen molar-refractivity contribution in [2.45, 2.75) is 22.8 Å². The van der Waals surface area contributed by atoms with Crippen molar-refractivity contribution in [2.75, 3.05) is 19.3 Å². The maximum atomic E-state index is 12.6. The predicted octanol–water partition coefficient (Wildman–Crippen LogP) is 1.24. The Morgan fingerprint density at radius 2 is 1.82 bits per heavy atom. The van der Waals surface area contributed by atoms with Crippen LogP contribution in [0.1, 0.15) is 6.92 Å². The van der Waals surface area contributed by atoms with Gasteiger partial charge in [-0.15, -0.1) is 12.4 Å². The molecule has 0 bridgehead atoms. The van der Waals surface area contributed by atoms with Crippen LogP contribution in [0.4, 0.5) is 0 Å². The van der Waals surface area contributed by atoms with Gasteiger partial charge in [0.1, 0.15) is 0 Å². The van der Waals surface area contributed by atoms with E-state index in [-0.39, 0.29) is 45.2 Å². The van der Waals surface area contributed by atoms with E-state index in [1.165, 1.54) is 22.5 Å². The molecule has 1 saturated heterocycles. The average Bonchev–Trinajstić information content (AvgIpc) is 2.69. The van der Waals surface area contributed by atoms with Gasteiger partial charge in [0.15, 0.2) is 9.84 Å². The van der Waals surface area contributed by atoms with Crippen LogP contribution in [-0.4, -0.2) is 46.5 Å². The van der Waals surface area contributed by atoms with E-state index in [9.17, 15) is 16.8 Å². The van der Waals surface area contributed by atoms with Crippen LogP contribution >= 0.6 is 28.3 Å². The molecule has 1 aromatic carbocycles. The largest absolute Gasteiger partial charge is 0.326 e. The molecule has 10 heteroatoms. The molecular formula is C12H18BrClN2O4S2. The molecule has 1 fully saturated rings. The fourth-order valence-corrected chi connectivity index (χ4v) is 5.62. The molecule has 1 aromatic rings. The summed E-state index contributed by atoms with van der Waals surface area (Å²) in [6.45, 7) is 2.54. The van der Waals surface area contributed by atoms with E-state index >= 15 is 0 Å². The van der Waals surface area contributed by atoms with Gasteiger partial charge in [0.05, 0.1) is 9.79 Å². The van der Waals surface area contributed by atoms with Crippen LogP contribution in [0.5, 0.6) is 0 Å². The van der Waals surface area contributed by atoms with Crippen molar-refractivity contribution >= 4 is 48.2 Å². The van der Waals surface area contributed by atoms with E-state index in [1.807, 2.05) is 6.92 Å². The summed E-state index contributed by atoms with van der Waals surface area (Å²) in [5.41, 5.74) is 5.87. The summed E-state index contributed by atoms with van der Waals surface area (Å²) in [6, 6.07) is 3.73. The fourth-order valence-electron chi connectivity index (χ4n) is 2.20. The number of sulfonamides is 1. The van der Waals surface area contributed by atoms with Crippen molar-refractivity contribution in [1.29, 1.82) is 0 Å². The lowest BCUT2D eigenvalue weighted by Gasteiger charge is -2.17. The number of halogens is 2. The summed E-state index contributed by atoms with van der Waals surface area (Å²) >= 11 is 3.15. The van der Waals surface area contributed by atoms with Crippen LogP contribution in [-0.2, 0) is 19.9 Å². The number of hydrogen-bond acceptors (Lipinski definition) is 5. The van der Waals surface area contributed by atoms with Crippen LogP contribution in [0, 0.1) is 5.92 Å². The van der Waals surface area contributed by atoms with Crippen LogP contribution in [0.25, 0.3) is 0 Å². The zero-order valence-electron chi connectivity index (χ0n) is 12.1. The molecule has 0 amide bonds. The van der Waals surface area contributed by atoms with E-state index in [2.05, 4.69) is 15.9 Å². The Kier molecular flexibility index (Phi) is 6.08. The highest BCUT2D eigenvalue weighted by Gasteiger charge is 2.36. The molecule has 2 rings (SSSR count). The molecule has 0 radical (unpaired) electrons. The third-order valence-electron chi connectivity index (χ3n) is 3.59.